The molecule has 1 aliphatic heterocycles. The Hall–Kier alpha value is -1.44. The van der Waals surface area contributed by atoms with Crippen molar-refractivity contribution >= 4 is 15.9 Å². The van der Waals surface area contributed by atoms with Gasteiger partial charge in [0, 0.05) is 39.8 Å². The van der Waals surface area contributed by atoms with Gasteiger partial charge in [-0.05, 0) is 43.7 Å². The first-order valence-electron chi connectivity index (χ1n) is 8.85. The van der Waals surface area contributed by atoms with Crippen LogP contribution in [0.5, 0.6) is 0 Å². The van der Waals surface area contributed by atoms with E-state index in [1.807, 2.05) is 0 Å². The topological polar surface area (TPSA) is 75.7 Å². The molecule has 0 aliphatic carbocycles. The van der Waals surface area contributed by atoms with Crippen molar-refractivity contribution in [3.8, 4) is 0 Å². The molecule has 7 heteroatoms. The number of carbonyl (C=O) groups is 1. The molecule has 25 heavy (non-hydrogen) atoms. The molecule has 1 aliphatic rings. The van der Waals surface area contributed by atoms with Crippen LogP contribution in [0.1, 0.15) is 32.1 Å². The van der Waals surface area contributed by atoms with E-state index in [2.05, 4.69) is 5.32 Å². The minimum Gasteiger partial charge on any atom is -0.385 e. The average molecular weight is 368 g/mol. The molecule has 140 valence electrons. The summed E-state index contributed by atoms with van der Waals surface area (Å²) >= 11 is 0. The van der Waals surface area contributed by atoms with E-state index in [-0.39, 0.29) is 11.8 Å². The van der Waals surface area contributed by atoms with Crippen LogP contribution in [0, 0.1) is 5.92 Å². The fourth-order valence-electron chi connectivity index (χ4n) is 3.03. The van der Waals surface area contributed by atoms with Crippen LogP contribution in [0.3, 0.4) is 0 Å². The summed E-state index contributed by atoms with van der Waals surface area (Å²) in [5.41, 5.74) is 0. The molecule has 0 spiro atoms. The predicted octanol–water partition coefficient (Wildman–Crippen LogP) is 2.02. The molecule has 1 aromatic rings. The maximum Gasteiger partial charge on any atom is 0.243 e. The number of nitrogens with one attached hydrogen (secondary N) is 1. The number of piperidine rings is 1. The summed E-state index contributed by atoms with van der Waals surface area (Å²) < 4.78 is 31.7. The second-order valence-electron chi connectivity index (χ2n) is 6.41. The lowest BCUT2D eigenvalue weighted by molar-refractivity contribution is -0.122. The third kappa shape index (κ3) is 6.09. The normalized spacial score (nSPS) is 16.7. The van der Waals surface area contributed by atoms with Crippen molar-refractivity contribution in [2.45, 2.75) is 37.0 Å². The molecular formula is C18H28N2O4S. The van der Waals surface area contributed by atoms with Gasteiger partial charge in [-0.1, -0.05) is 18.2 Å². The van der Waals surface area contributed by atoms with E-state index >= 15 is 0 Å². The van der Waals surface area contributed by atoms with E-state index < -0.39 is 10.0 Å². The van der Waals surface area contributed by atoms with Crippen molar-refractivity contribution in [2.75, 3.05) is 33.4 Å². The molecule has 1 N–H and O–H groups in total. The molecule has 0 aromatic heterocycles. The number of hydrogen-bond acceptors (Lipinski definition) is 4. The molecule has 0 radical (unpaired) electrons. The maximum absolute atomic E-state index is 12.6. The summed E-state index contributed by atoms with van der Waals surface area (Å²) in [6.07, 6.45) is 3.77. The Bertz CT molecular complexity index is 626. The molecule has 1 aromatic carbocycles. The molecule has 1 saturated heterocycles. The molecule has 0 atom stereocenters. The van der Waals surface area contributed by atoms with Crippen LogP contribution in [0.25, 0.3) is 0 Å². The Morgan fingerprint density at radius 2 is 1.88 bits per heavy atom. The van der Waals surface area contributed by atoms with Gasteiger partial charge >= 0.3 is 0 Å². The number of benzene rings is 1. The Labute approximate surface area is 150 Å². The van der Waals surface area contributed by atoms with Crippen molar-refractivity contribution < 1.29 is 17.9 Å². The van der Waals surface area contributed by atoms with Gasteiger partial charge in [-0.3, -0.25) is 4.79 Å². The smallest absolute Gasteiger partial charge is 0.243 e. The average Bonchev–Trinajstić information content (AvgIpc) is 2.63. The highest BCUT2D eigenvalue weighted by atomic mass is 32.2. The van der Waals surface area contributed by atoms with E-state index in [1.54, 1.807) is 37.4 Å². The largest absolute Gasteiger partial charge is 0.385 e. The quantitative estimate of drug-likeness (QED) is 0.677. The van der Waals surface area contributed by atoms with Gasteiger partial charge < -0.3 is 10.1 Å². The third-order valence-electron chi connectivity index (χ3n) is 4.53. The first-order chi connectivity index (χ1) is 12.0. The van der Waals surface area contributed by atoms with Gasteiger partial charge in [0.2, 0.25) is 15.9 Å². The van der Waals surface area contributed by atoms with Crippen LogP contribution in [-0.2, 0) is 19.6 Å². The first-order valence-corrected chi connectivity index (χ1v) is 10.3. The second kappa shape index (κ2) is 9.89. The maximum atomic E-state index is 12.6. The fraction of sp³-hybridized carbons (Fsp3) is 0.611. The number of amides is 1. The Morgan fingerprint density at radius 1 is 1.20 bits per heavy atom. The third-order valence-corrected chi connectivity index (χ3v) is 6.44. The zero-order valence-corrected chi connectivity index (χ0v) is 15.6. The molecule has 2 rings (SSSR count). The SMILES string of the molecule is COCCCCNC(=O)CC1CCN(S(=O)(=O)c2ccccc2)CC1. The molecule has 6 nitrogen and oxygen atoms in total. The van der Waals surface area contributed by atoms with Gasteiger partial charge in [0.25, 0.3) is 0 Å². The Morgan fingerprint density at radius 3 is 2.52 bits per heavy atom. The van der Waals surface area contributed by atoms with Gasteiger partial charge in [0.15, 0.2) is 0 Å². The van der Waals surface area contributed by atoms with E-state index in [1.165, 1.54) is 4.31 Å². The van der Waals surface area contributed by atoms with Gasteiger partial charge in [-0.15, -0.1) is 0 Å². The molecule has 1 amide bonds. The molecular weight excluding hydrogens is 340 g/mol. The highest BCUT2D eigenvalue weighted by Gasteiger charge is 2.29. The van der Waals surface area contributed by atoms with Crippen molar-refractivity contribution in [2.24, 2.45) is 5.92 Å². The molecule has 0 unspecified atom stereocenters. The molecule has 1 heterocycles. The van der Waals surface area contributed by atoms with Crippen LogP contribution in [0.4, 0.5) is 0 Å². The van der Waals surface area contributed by atoms with E-state index in [9.17, 15) is 13.2 Å². The second-order valence-corrected chi connectivity index (χ2v) is 8.35. The van der Waals surface area contributed by atoms with Gasteiger partial charge in [0.1, 0.15) is 0 Å². The summed E-state index contributed by atoms with van der Waals surface area (Å²) in [5, 5.41) is 2.93. The minimum atomic E-state index is -3.42. The number of ether oxygens (including phenoxy) is 1. The van der Waals surface area contributed by atoms with Gasteiger partial charge in [-0.2, -0.15) is 4.31 Å². The highest BCUT2D eigenvalue weighted by Crippen LogP contribution is 2.25. The van der Waals surface area contributed by atoms with Crippen molar-refractivity contribution in [3.63, 3.8) is 0 Å². The minimum absolute atomic E-state index is 0.0572. The summed E-state index contributed by atoms with van der Waals surface area (Å²) in [4.78, 5) is 12.3. The summed E-state index contributed by atoms with van der Waals surface area (Å²) in [6.45, 7) is 2.33. The lowest BCUT2D eigenvalue weighted by Gasteiger charge is -2.31. The summed E-state index contributed by atoms with van der Waals surface area (Å²) in [7, 11) is -1.75. The highest BCUT2D eigenvalue weighted by molar-refractivity contribution is 7.89. The van der Waals surface area contributed by atoms with Crippen LogP contribution < -0.4 is 5.32 Å². The van der Waals surface area contributed by atoms with Gasteiger partial charge in [-0.25, -0.2) is 8.42 Å². The number of nitrogens with zero attached hydrogens (tertiary/aromatic N) is 1. The van der Waals surface area contributed by atoms with E-state index in [4.69, 9.17) is 4.74 Å². The molecule has 0 bridgehead atoms. The van der Waals surface area contributed by atoms with Crippen LogP contribution in [-0.4, -0.2) is 52.0 Å². The number of methoxy groups -OCH3 is 1. The Kier molecular flexibility index (Phi) is 7.87. The number of unbranched alkanes of at least 4 members (excludes halogenated alkanes) is 1. The Balaban J connectivity index is 1.73. The van der Waals surface area contributed by atoms with E-state index in [0.29, 0.717) is 37.6 Å². The lowest BCUT2D eigenvalue weighted by atomic mass is 9.94. The molecule has 0 saturated carbocycles. The number of carbonyl (C=O) groups excluding carboxylic acids is 1. The van der Waals surface area contributed by atoms with Crippen molar-refractivity contribution in [1.29, 1.82) is 0 Å². The van der Waals surface area contributed by atoms with Gasteiger partial charge in [0.05, 0.1) is 4.90 Å². The monoisotopic (exact) mass is 368 g/mol. The van der Waals surface area contributed by atoms with Crippen LogP contribution in [0.15, 0.2) is 35.2 Å². The zero-order chi connectivity index (χ0) is 18.1. The predicted molar refractivity (Wildman–Crippen MR) is 96.7 cm³/mol. The van der Waals surface area contributed by atoms with Crippen LogP contribution in [0.2, 0.25) is 0 Å². The van der Waals surface area contributed by atoms with E-state index in [0.717, 1.165) is 25.7 Å². The lowest BCUT2D eigenvalue weighted by Crippen LogP contribution is -2.39. The van der Waals surface area contributed by atoms with Crippen molar-refractivity contribution in [3.05, 3.63) is 30.3 Å². The zero-order valence-electron chi connectivity index (χ0n) is 14.8. The number of hydrogen-bond donors (Lipinski definition) is 1. The fourth-order valence-corrected chi connectivity index (χ4v) is 4.52. The summed E-state index contributed by atoms with van der Waals surface area (Å²) in [6, 6.07) is 8.52. The number of sulfonamides is 1. The van der Waals surface area contributed by atoms with Crippen LogP contribution >= 0.6 is 0 Å². The first kappa shape index (κ1) is 19.9. The van der Waals surface area contributed by atoms with Crippen molar-refractivity contribution in [1.82, 2.24) is 9.62 Å². The molecule has 1 fully saturated rings. The standard InChI is InChI=1S/C18H28N2O4S/c1-24-14-6-5-11-19-18(21)15-16-9-12-20(13-10-16)25(22,23)17-7-3-2-4-8-17/h2-4,7-8,16H,5-6,9-15H2,1H3,(H,19,21). The number of rotatable bonds is 9. The summed E-state index contributed by atoms with van der Waals surface area (Å²) in [5.74, 6) is 0.308.